The first-order valence-electron chi connectivity index (χ1n) is 6.15. The van der Waals surface area contributed by atoms with Gasteiger partial charge in [-0.05, 0) is 31.2 Å². The predicted molar refractivity (Wildman–Crippen MR) is 69.4 cm³/mol. The highest BCUT2D eigenvalue weighted by Crippen LogP contribution is 2.18. The molecule has 0 aliphatic heterocycles. The molecule has 1 atom stereocenters. The minimum atomic E-state index is 0.360. The Morgan fingerprint density at radius 1 is 1.28 bits per heavy atom. The summed E-state index contributed by atoms with van der Waals surface area (Å²) in [6, 6.07) is 10.2. The van der Waals surface area contributed by atoms with Crippen LogP contribution < -0.4 is 10.1 Å². The van der Waals surface area contributed by atoms with Crippen LogP contribution in [0.5, 0.6) is 5.75 Å². The van der Waals surface area contributed by atoms with Crippen LogP contribution in [0.3, 0.4) is 0 Å². The van der Waals surface area contributed by atoms with Crippen LogP contribution in [-0.2, 0) is 6.61 Å². The van der Waals surface area contributed by atoms with Crippen LogP contribution in [0, 0.1) is 0 Å². The van der Waals surface area contributed by atoms with E-state index >= 15 is 0 Å². The van der Waals surface area contributed by atoms with Gasteiger partial charge in [-0.15, -0.1) is 0 Å². The largest absolute Gasteiger partial charge is 0.486 e. The Morgan fingerprint density at radius 2 is 2.06 bits per heavy atom. The number of nitrogens with zero attached hydrogens (tertiary/aromatic N) is 1. The normalized spacial score (nSPS) is 12.3. The lowest BCUT2D eigenvalue weighted by atomic mass is 10.1. The molecule has 0 amide bonds. The Kier molecular flexibility index (Phi) is 4.36. The number of hydrogen-bond donors (Lipinski definition) is 1. The van der Waals surface area contributed by atoms with Crippen molar-refractivity contribution in [1.29, 1.82) is 0 Å². The van der Waals surface area contributed by atoms with Crippen molar-refractivity contribution in [1.82, 2.24) is 10.5 Å². The average Bonchev–Trinajstić information content (AvgIpc) is 2.90. The predicted octanol–water partition coefficient (Wildman–Crippen LogP) is 2.92. The molecular weight excluding hydrogens is 228 g/mol. The van der Waals surface area contributed by atoms with Gasteiger partial charge < -0.3 is 14.6 Å². The zero-order valence-electron chi connectivity index (χ0n) is 10.7. The number of nitrogens with one attached hydrogen (secondary N) is 1. The SMILES string of the molecule is CCNC(C)c1ccc(OCc2ccno2)cc1. The third-order valence-electron chi connectivity index (χ3n) is 2.76. The van der Waals surface area contributed by atoms with Crippen LogP contribution in [0.2, 0.25) is 0 Å². The van der Waals surface area contributed by atoms with Gasteiger partial charge in [-0.1, -0.05) is 24.2 Å². The van der Waals surface area contributed by atoms with E-state index in [2.05, 4.69) is 36.5 Å². The van der Waals surface area contributed by atoms with Gasteiger partial charge in [0.1, 0.15) is 12.4 Å². The molecule has 1 unspecified atom stereocenters. The summed E-state index contributed by atoms with van der Waals surface area (Å²) in [5.74, 6) is 1.55. The fraction of sp³-hybridized carbons (Fsp3) is 0.357. The smallest absolute Gasteiger partial charge is 0.174 e. The van der Waals surface area contributed by atoms with Crippen LogP contribution in [-0.4, -0.2) is 11.7 Å². The highest BCUT2D eigenvalue weighted by molar-refractivity contribution is 5.29. The first-order valence-corrected chi connectivity index (χ1v) is 6.15. The van der Waals surface area contributed by atoms with Gasteiger partial charge in [-0.3, -0.25) is 0 Å². The number of rotatable bonds is 6. The number of aromatic nitrogens is 1. The van der Waals surface area contributed by atoms with Crippen molar-refractivity contribution in [2.24, 2.45) is 0 Å². The van der Waals surface area contributed by atoms with Gasteiger partial charge in [0, 0.05) is 12.1 Å². The quantitative estimate of drug-likeness (QED) is 0.851. The maximum Gasteiger partial charge on any atom is 0.174 e. The van der Waals surface area contributed by atoms with Gasteiger partial charge in [0.15, 0.2) is 5.76 Å². The summed E-state index contributed by atoms with van der Waals surface area (Å²) in [6.07, 6.45) is 1.61. The van der Waals surface area contributed by atoms with Gasteiger partial charge in [0.25, 0.3) is 0 Å². The number of benzene rings is 1. The number of hydrogen-bond acceptors (Lipinski definition) is 4. The molecule has 4 nitrogen and oxygen atoms in total. The van der Waals surface area contributed by atoms with E-state index < -0.39 is 0 Å². The molecule has 0 radical (unpaired) electrons. The highest BCUT2D eigenvalue weighted by Gasteiger charge is 2.04. The molecule has 0 spiro atoms. The molecule has 1 aromatic heterocycles. The van der Waals surface area contributed by atoms with Crippen LogP contribution in [0.1, 0.15) is 31.2 Å². The first kappa shape index (κ1) is 12.6. The van der Waals surface area contributed by atoms with Gasteiger partial charge in [-0.25, -0.2) is 0 Å². The lowest BCUT2D eigenvalue weighted by Crippen LogP contribution is -2.17. The van der Waals surface area contributed by atoms with Crippen molar-refractivity contribution in [3.63, 3.8) is 0 Å². The van der Waals surface area contributed by atoms with Crippen LogP contribution in [0.15, 0.2) is 41.1 Å². The summed E-state index contributed by atoms with van der Waals surface area (Å²) in [4.78, 5) is 0. The van der Waals surface area contributed by atoms with Crippen molar-refractivity contribution < 1.29 is 9.26 Å². The first-order chi connectivity index (χ1) is 8.79. The molecule has 0 aliphatic carbocycles. The maximum atomic E-state index is 5.59. The zero-order valence-corrected chi connectivity index (χ0v) is 10.7. The minimum absolute atomic E-state index is 0.360. The molecule has 96 valence electrons. The van der Waals surface area contributed by atoms with E-state index in [1.165, 1.54) is 5.56 Å². The van der Waals surface area contributed by atoms with Crippen LogP contribution >= 0.6 is 0 Å². The summed E-state index contributed by atoms with van der Waals surface area (Å²) < 4.78 is 10.6. The van der Waals surface area contributed by atoms with E-state index in [0.717, 1.165) is 18.1 Å². The van der Waals surface area contributed by atoms with Crippen LogP contribution in [0.25, 0.3) is 0 Å². The molecule has 0 saturated carbocycles. The van der Waals surface area contributed by atoms with E-state index in [1.54, 1.807) is 12.3 Å². The molecule has 4 heteroatoms. The van der Waals surface area contributed by atoms with E-state index in [4.69, 9.17) is 9.26 Å². The van der Waals surface area contributed by atoms with Gasteiger partial charge >= 0.3 is 0 Å². The summed E-state index contributed by atoms with van der Waals surface area (Å²) in [5.41, 5.74) is 1.25. The van der Waals surface area contributed by atoms with E-state index in [9.17, 15) is 0 Å². The fourth-order valence-corrected chi connectivity index (χ4v) is 1.75. The number of ether oxygens (including phenoxy) is 1. The fourth-order valence-electron chi connectivity index (χ4n) is 1.75. The molecule has 18 heavy (non-hydrogen) atoms. The minimum Gasteiger partial charge on any atom is -0.486 e. The third-order valence-corrected chi connectivity index (χ3v) is 2.76. The molecule has 2 rings (SSSR count). The monoisotopic (exact) mass is 246 g/mol. The maximum absolute atomic E-state index is 5.59. The van der Waals surface area contributed by atoms with E-state index in [0.29, 0.717) is 12.6 Å². The second-order valence-corrected chi connectivity index (χ2v) is 4.12. The van der Waals surface area contributed by atoms with Gasteiger partial charge in [-0.2, -0.15) is 0 Å². The Hall–Kier alpha value is -1.81. The van der Waals surface area contributed by atoms with Gasteiger partial charge in [0.2, 0.25) is 0 Å². The Labute approximate surface area is 107 Å². The Morgan fingerprint density at radius 3 is 2.67 bits per heavy atom. The average molecular weight is 246 g/mol. The second kappa shape index (κ2) is 6.21. The summed E-state index contributed by atoms with van der Waals surface area (Å²) in [6.45, 7) is 5.62. The van der Waals surface area contributed by atoms with Crippen molar-refractivity contribution in [2.75, 3.05) is 6.54 Å². The molecule has 1 heterocycles. The van der Waals surface area contributed by atoms with Crippen LogP contribution in [0.4, 0.5) is 0 Å². The van der Waals surface area contributed by atoms with Crippen molar-refractivity contribution in [3.8, 4) is 5.75 Å². The standard InChI is InChI=1S/C14H18N2O2/c1-3-15-11(2)12-4-6-13(7-5-12)17-10-14-8-9-16-18-14/h4-9,11,15H,3,10H2,1-2H3. The molecule has 1 N–H and O–H groups in total. The molecule has 0 saturated heterocycles. The molecule has 0 aliphatic rings. The van der Waals surface area contributed by atoms with E-state index in [-0.39, 0.29) is 0 Å². The topological polar surface area (TPSA) is 47.3 Å². The summed E-state index contributed by atoms with van der Waals surface area (Å²) >= 11 is 0. The highest BCUT2D eigenvalue weighted by atomic mass is 16.5. The molecule has 1 aromatic carbocycles. The summed E-state index contributed by atoms with van der Waals surface area (Å²) in [7, 11) is 0. The van der Waals surface area contributed by atoms with E-state index in [1.807, 2.05) is 12.1 Å². The molecule has 0 fully saturated rings. The molecular formula is C14H18N2O2. The van der Waals surface area contributed by atoms with Crippen molar-refractivity contribution in [2.45, 2.75) is 26.5 Å². The lowest BCUT2D eigenvalue weighted by molar-refractivity contribution is 0.249. The van der Waals surface area contributed by atoms with Crippen molar-refractivity contribution >= 4 is 0 Å². The lowest BCUT2D eigenvalue weighted by Gasteiger charge is -2.13. The summed E-state index contributed by atoms with van der Waals surface area (Å²) in [5, 5.41) is 7.00. The van der Waals surface area contributed by atoms with Gasteiger partial charge in [0.05, 0.1) is 6.20 Å². The Bertz CT molecular complexity index is 451. The third kappa shape index (κ3) is 3.34. The molecule has 0 bridgehead atoms. The Balaban J connectivity index is 1.91. The molecule has 2 aromatic rings. The van der Waals surface area contributed by atoms with Crippen molar-refractivity contribution in [3.05, 3.63) is 47.9 Å². The second-order valence-electron chi connectivity index (χ2n) is 4.12. The zero-order chi connectivity index (χ0) is 12.8.